The van der Waals surface area contributed by atoms with E-state index in [1.807, 2.05) is 31.2 Å². The first-order valence-corrected chi connectivity index (χ1v) is 8.71. The Morgan fingerprint density at radius 1 is 1.23 bits per heavy atom. The lowest BCUT2D eigenvalue weighted by Crippen LogP contribution is -2.22. The third-order valence-corrected chi connectivity index (χ3v) is 4.34. The molecule has 0 aliphatic heterocycles. The van der Waals surface area contributed by atoms with Crippen molar-refractivity contribution in [2.24, 2.45) is 7.05 Å². The lowest BCUT2D eigenvalue weighted by Gasteiger charge is -2.10. The lowest BCUT2D eigenvalue weighted by molar-refractivity contribution is -0.118. The van der Waals surface area contributed by atoms with Gasteiger partial charge in [0, 0.05) is 17.1 Å². The average molecular weight is 418 g/mol. The maximum atomic E-state index is 13.6. The molecule has 3 aromatic rings. The summed E-state index contributed by atoms with van der Waals surface area (Å²) < 4.78 is 21.4. The van der Waals surface area contributed by atoms with Gasteiger partial charge in [-0.15, -0.1) is 0 Å². The second-order valence-electron chi connectivity index (χ2n) is 5.71. The van der Waals surface area contributed by atoms with E-state index in [4.69, 9.17) is 4.74 Å². The van der Waals surface area contributed by atoms with Crippen LogP contribution in [0.15, 0.2) is 53.0 Å². The highest BCUT2D eigenvalue weighted by Crippen LogP contribution is 2.31. The van der Waals surface area contributed by atoms with Crippen LogP contribution >= 0.6 is 15.9 Å². The van der Waals surface area contributed by atoms with Gasteiger partial charge in [-0.05, 0) is 36.8 Å². The van der Waals surface area contributed by atoms with Crippen LogP contribution in [-0.4, -0.2) is 22.3 Å². The second-order valence-corrected chi connectivity index (χ2v) is 6.62. The Morgan fingerprint density at radius 2 is 1.92 bits per heavy atom. The molecule has 0 aliphatic rings. The number of para-hydroxylation sites is 1. The van der Waals surface area contributed by atoms with Gasteiger partial charge in [0.05, 0.1) is 5.69 Å². The first-order valence-electron chi connectivity index (χ1n) is 7.92. The lowest BCUT2D eigenvalue weighted by atomic mass is 10.1. The number of carbonyl (C=O) groups is 1. The van der Waals surface area contributed by atoms with Crippen molar-refractivity contribution < 1.29 is 13.9 Å². The van der Waals surface area contributed by atoms with Crippen LogP contribution in [0.5, 0.6) is 5.75 Å². The molecule has 1 N–H and O–H groups in total. The summed E-state index contributed by atoms with van der Waals surface area (Å²) in [5.74, 6) is -0.300. The van der Waals surface area contributed by atoms with E-state index in [-0.39, 0.29) is 12.4 Å². The summed E-state index contributed by atoms with van der Waals surface area (Å²) in [5, 5.41) is 7.19. The molecule has 5 nitrogen and oxygen atoms in total. The molecule has 0 saturated carbocycles. The Hall–Kier alpha value is -2.67. The Labute approximate surface area is 158 Å². The number of nitrogens with one attached hydrogen (secondary N) is 1. The zero-order valence-corrected chi connectivity index (χ0v) is 15.9. The maximum Gasteiger partial charge on any atom is 0.263 e. The zero-order valence-electron chi connectivity index (χ0n) is 14.3. The molecule has 7 heteroatoms. The van der Waals surface area contributed by atoms with E-state index in [2.05, 4.69) is 26.3 Å². The van der Waals surface area contributed by atoms with Crippen molar-refractivity contribution in [3.8, 4) is 16.9 Å². The van der Waals surface area contributed by atoms with Crippen molar-refractivity contribution in [1.82, 2.24) is 9.78 Å². The number of aromatic nitrogens is 2. The molecule has 134 valence electrons. The van der Waals surface area contributed by atoms with Gasteiger partial charge in [0.15, 0.2) is 18.2 Å². The van der Waals surface area contributed by atoms with E-state index in [1.165, 1.54) is 12.1 Å². The fourth-order valence-corrected chi connectivity index (χ4v) is 2.90. The molecular weight excluding hydrogens is 401 g/mol. The van der Waals surface area contributed by atoms with E-state index in [9.17, 15) is 9.18 Å². The van der Waals surface area contributed by atoms with Crippen molar-refractivity contribution in [3.63, 3.8) is 0 Å². The van der Waals surface area contributed by atoms with Crippen molar-refractivity contribution in [2.45, 2.75) is 6.92 Å². The van der Waals surface area contributed by atoms with Gasteiger partial charge in [0.2, 0.25) is 0 Å². The topological polar surface area (TPSA) is 56.2 Å². The number of rotatable bonds is 5. The zero-order chi connectivity index (χ0) is 18.7. The normalized spacial score (nSPS) is 10.6. The largest absolute Gasteiger partial charge is 0.481 e. The smallest absolute Gasteiger partial charge is 0.263 e. The monoisotopic (exact) mass is 417 g/mol. The van der Waals surface area contributed by atoms with E-state index in [1.54, 1.807) is 23.9 Å². The highest BCUT2D eigenvalue weighted by atomic mass is 79.9. The van der Waals surface area contributed by atoms with Crippen LogP contribution in [0.25, 0.3) is 11.1 Å². The Morgan fingerprint density at radius 3 is 2.62 bits per heavy atom. The molecule has 0 unspecified atom stereocenters. The van der Waals surface area contributed by atoms with Crippen LogP contribution in [0.2, 0.25) is 0 Å². The number of halogens is 2. The van der Waals surface area contributed by atoms with Gasteiger partial charge < -0.3 is 10.1 Å². The molecule has 1 aromatic heterocycles. The number of anilines is 1. The summed E-state index contributed by atoms with van der Waals surface area (Å²) in [4.78, 5) is 12.3. The van der Waals surface area contributed by atoms with Gasteiger partial charge in [-0.1, -0.05) is 40.2 Å². The van der Waals surface area contributed by atoms with Crippen LogP contribution in [0.1, 0.15) is 5.69 Å². The molecule has 0 atom stereocenters. The summed E-state index contributed by atoms with van der Waals surface area (Å²) in [6, 6.07) is 13.7. The predicted octanol–water partition coefficient (Wildman–Crippen LogP) is 4.31. The number of aryl methyl sites for hydroxylation is 2. The van der Waals surface area contributed by atoms with Crippen LogP contribution in [0, 0.1) is 12.7 Å². The number of hydrogen-bond acceptors (Lipinski definition) is 3. The van der Waals surface area contributed by atoms with Gasteiger partial charge >= 0.3 is 0 Å². The van der Waals surface area contributed by atoms with Gasteiger partial charge in [0.25, 0.3) is 5.91 Å². The van der Waals surface area contributed by atoms with Gasteiger partial charge in [-0.2, -0.15) is 5.10 Å². The van der Waals surface area contributed by atoms with Crippen LogP contribution < -0.4 is 10.1 Å². The van der Waals surface area contributed by atoms with E-state index >= 15 is 0 Å². The molecule has 2 aromatic carbocycles. The quantitative estimate of drug-likeness (QED) is 0.672. The third kappa shape index (κ3) is 3.94. The van der Waals surface area contributed by atoms with Gasteiger partial charge in [-0.3, -0.25) is 9.48 Å². The van der Waals surface area contributed by atoms with E-state index in [0.29, 0.717) is 5.82 Å². The minimum Gasteiger partial charge on any atom is -0.481 e. The fraction of sp³-hybridized carbons (Fsp3) is 0.158. The summed E-state index contributed by atoms with van der Waals surface area (Å²) in [5.41, 5.74) is 2.56. The summed E-state index contributed by atoms with van der Waals surface area (Å²) in [6.45, 7) is 1.58. The molecule has 0 fully saturated rings. The van der Waals surface area contributed by atoms with Crippen LogP contribution in [0.4, 0.5) is 10.2 Å². The van der Waals surface area contributed by atoms with E-state index < -0.39 is 11.7 Å². The van der Waals surface area contributed by atoms with Crippen molar-refractivity contribution in [1.29, 1.82) is 0 Å². The van der Waals surface area contributed by atoms with Crippen molar-refractivity contribution in [3.05, 3.63) is 64.5 Å². The Bertz CT molecular complexity index is 938. The number of benzene rings is 2. The number of amides is 1. The van der Waals surface area contributed by atoms with Gasteiger partial charge in [0.1, 0.15) is 5.82 Å². The molecule has 0 radical (unpaired) electrons. The predicted molar refractivity (Wildman–Crippen MR) is 102 cm³/mol. The summed E-state index contributed by atoms with van der Waals surface area (Å²) in [6.07, 6.45) is 0. The van der Waals surface area contributed by atoms with Crippen molar-refractivity contribution in [2.75, 3.05) is 11.9 Å². The molecule has 0 bridgehead atoms. The number of hydrogen-bond donors (Lipinski definition) is 1. The minimum absolute atomic E-state index is 0.0389. The molecule has 26 heavy (non-hydrogen) atoms. The number of carbonyl (C=O) groups excluding carboxylic acids is 1. The Balaban J connectivity index is 1.78. The van der Waals surface area contributed by atoms with Crippen molar-refractivity contribution >= 4 is 27.7 Å². The van der Waals surface area contributed by atoms with Crippen LogP contribution in [-0.2, 0) is 11.8 Å². The SMILES string of the molecule is Cc1nn(C)c(NC(=O)COc2ccccc2F)c1-c1ccc(Br)cc1. The molecular formula is C19H17BrFN3O2. The molecule has 3 rings (SSSR count). The first-order chi connectivity index (χ1) is 12.5. The van der Waals surface area contributed by atoms with Crippen LogP contribution in [0.3, 0.4) is 0 Å². The maximum absolute atomic E-state index is 13.6. The number of nitrogens with zero attached hydrogens (tertiary/aromatic N) is 2. The highest BCUT2D eigenvalue weighted by molar-refractivity contribution is 9.10. The molecule has 1 heterocycles. The number of ether oxygens (including phenoxy) is 1. The average Bonchev–Trinajstić information content (AvgIpc) is 2.88. The summed E-state index contributed by atoms with van der Waals surface area (Å²) in [7, 11) is 1.75. The molecule has 1 amide bonds. The highest BCUT2D eigenvalue weighted by Gasteiger charge is 2.18. The van der Waals surface area contributed by atoms with Gasteiger partial charge in [-0.25, -0.2) is 4.39 Å². The minimum atomic E-state index is -0.507. The fourth-order valence-electron chi connectivity index (χ4n) is 2.64. The third-order valence-electron chi connectivity index (χ3n) is 3.81. The Kier molecular flexibility index (Phi) is 5.37. The van der Waals surface area contributed by atoms with E-state index in [0.717, 1.165) is 21.3 Å². The first kappa shape index (κ1) is 18.1. The molecule has 0 saturated heterocycles. The standard InChI is InChI=1S/C19H17BrFN3O2/c1-12-18(13-7-9-14(20)10-8-13)19(24(2)23-12)22-17(25)11-26-16-6-4-3-5-15(16)21/h3-10H,11H2,1-2H3,(H,22,25). The second kappa shape index (κ2) is 7.70. The molecule has 0 spiro atoms. The molecule has 0 aliphatic carbocycles. The summed E-state index contributed by atoms with van der Waals surface area (Å²) >= 11 is 3.41.